The van der Waals surface area contributed by atoms with E-state index in [1.165, 1.54) is 0 Å². The van der Waals surface area contributed by atoms with Gasteiger partial charge in [0.25, 0.3) is 0 Å². The molecule has 30 heavy (non-hydrogen) atoms. The van der Waals surface area contributed by atoms with Crippen LogP contribution in [0.5, 0.6) is 0 Å². The number of hydrogen-bond donors (Lipinski definition) is 0. The molecule has 0 aliphatic carbocycles. The van der Waals surface area contributed by atoms with Gasteiger partial charge in [0.05, 0.1) is 13.2 Å². The maximum absolute atomic E-state index is 13.0. The molecule has 2 aromatic rings. The minimum absolute atomic E-state index is 0.137. The topological polar surface area (TPSA) is 55.8 Å². The van der Waals surface area contributed by atoms with E-state index >= 15 is 0 Å². The number of ether oxygens (including phenoxy) is 2. The van der Waals surface area contributed by atoms with E-state index in [-0.39, 0.29) is 12.0 Å². The number of aldehydes is 1. The number of carbonyl (C=O) groups excluding carboxylic acids is 2. The summed E-state index contributed by atoms with van der Waals surface area (Å²) < 4.78 is 11.6. The van der Waals surface area contributed by atoms with Crippen LogP contribution in [0.1, 0.15) is 45.2 Å². The van der Waals surface area contributed by atoms with Crippen molar-refractivity contribution in [3.8, 4) is 0 Å². The molecule has 2 atom stereocenters. The monoisotopic (exact) mass is 411 g/mol. The maximum Gasteiger partial charge on any atom is 0.410 e. The summed E-state index contributed by atoms with van der Waals surface area (Å²) in [5.41, 5.74) is 1.48. The molecule has 162 valence electrons. The summed E-state index contributed by atoms with van der Waals surface area (Å²) in [6.45, 7) is 8.75. The van der Waals surface area contributed by atoms with Crippen LogP contribution in [-0.4, -0.2) is 35.5 Å². The van der Waals surface area contributed by atoms with E-state index in [0.717, 1.165) is 17.4 Å². The second-order valence-corrected chi connectivity index (χ2v) is 8.50. The predicted octanol–water partition coefficient (Wildman–Crippen LogP) is 5.23. The van der Waals surface area contributed by atoms with Crippen molar-refractivity contribution in [2.75, 3.05) is 6.61 Å². The highest BCUT2D eigenvalue weighted by molar-refractivity contribution is 5.68. The lowest BCUT2D eigenvalue weighted by molar-refractivity contribution is -0.110. The van der Waals surface area contributed by atoms with Gasteiger partial charge in [-0.2, -0.15) is 0 Å². The Balaban J connectivity index is 2.12. The van der Waals surface area contributed by atoms with Gasteiger partial charge in [-0.05, 0) is 38.8 Å². The van der Waals surface area contributed by atoms with Crippen LogP contribution >= 0.6 is 0 Å². The van der Waals surface area contributed by atoms with E-state index in [9.17, 15) is 9.59 Å². The van der Waals surface area contributed by atoms with Gasteiger partial charge in [0, 0.05) is 24.9 Å². The molecule has 0 unspecified atom stereocenters. The van der Waals surface area contributed by atoms with Crippen molar-refractivity contribution in [1.82, 2.24) is 4.90 Å². The van der Waals surface area contributed by atoms with E-state index < -0.39 is 11.7 Å². The van der Waals surface area contributed by atoms with Gasteiger partial charge in [-0.25, -0.2) is 4.79 Å². The molecule has 0 N–H and O–H groups in total. The van der Waals surface area contributed by atoms with Gasteiger partial charge in [0.2, 0.25) is 0 Å². The highest BCUT2D eigenvalue weighted by Crippen LogP contribution is 2.22. The summed E-state index contributed by atoms with van der Waals surface area (Å²) in [5, 5.41) is 0. The molecule has 0 aliphatic rings. The molecule has 0 saturated carbocycles. The first-order chi connectivity index (χ1) is 14.3. The molecule has 0 fully saturated rings. The first-order valence-electron chi connectivity index (χ1n) is 10.4. The maximum atomic E-state index is 13.0. The van der Waals surface area contributed by atoms with Crippen LogP contribution in [0.3, 0.4) is 0 Å². The zero-order valence-electron chi connectivity index (χ0n) is 18.4. The molecule has 0 saturated heterocycles. The summed E-state index contributed by atoms with van der Waals surface area (Å²) >= 11 is 0. The van der Waals surface area contributed by atoms with Crippen LogP contribution in [0, 0.1) is 5.92 Å². The molecule has 2 aromatic carbocycles. The fraction of sp³-hybridized carbons (Fsp3) is 0.440. The van der Waals surface area contributed by atoms with E-state index in [4.69, 9.17) is 9.47 Å². The van der Waals surface area contributed by atoms with Crippen LogP contribution in [0.15, 0.2) is 60.7 Å². The average Bonchev–Trinajstić information content (AvgIpc) is 2.71. The Kier molecular flexibility index (Phi) is 9.06. The molecule has 0 aromatic heterocycles. The minimum Gasteiger partial charge on any atom is -0.444 e. The molecule has 0 bridgehead atoms. The van der Waals surface area contributed by atoms with Crippen molar-refractivity contribution in [3.63, 3.8) is 0 Å². The van der Waals surface area contributed by atoms with E-state index in [1.54, 1.807) is 4.90 Å². The molecule has 1 amide bonds. The van der Waals surface area contributed by atoms with Crippen LogP contribution in [0.2, 0.25) is 0 Å². The summed E-state index contributed by atoms with van der Waals surface area (Å²) in [6, 6.07) is 19.4. The lowest BCUT2D eigenvalue weighted by Crippen LogP contribution is -2.46. The third-order valence-electron chi connectivity index (χ3n) is 4.84. The Morgan fingerprint density at radius 1 is 1.00 bits per heavy atom. The fourth-order valence-electron chi connectivity index (χ4n) is 3.16. The normalized spacial score (nSPS) is 13.3. The van der Waals surface area contributed by atoms with Crippen LogP contribution in [0.25, 0.3) is 0 Å². The Labute approximate surface area is 180 Å². The summed E-state index contributed by atoms with van der Waals surface area (Å²) in [6.07, 6.45) is 0.810. The van der Waals surface area contributed by atoms with Gasteiger partial charge in [-0.15, -0.1) is 0 Å². The standard InChI is InChI=1S/C25H33NO4/c1-20(23(15-16-27)19-29-18-22-13-9-6-10-14-22)26(24(28)30-25(2,3)4)17-21-11-7-5-8-12-21/h5-14,16,20,23H,15,17-19H2,1-4H3/t20-,23+/m1/s1. The third-order valence-corrected chi connectivity index (χ3v) is 4.84. The molecular formula is C25H33NO4. The second kappa shape index (κ2) is 11.5. The van der Waals surface area contributed by atoms with Crippen LogP contribution < -0.4 is 0 Å². The molecule has 5 nitrogen and oxygen atoms in total. The predicted molar refractivity (Wildman–Crippen MR) is 118 cm³/mol. The van der Waals surface area contributed by atoms with Gasteiger partial charge < -0.3 is 19.2 Å². The largest absolute Gasteiger partial charge is 0.444 e. The third kappa shape index (κ3) is 7.99. The Bertz CT molecular complexity index is 771. The van der Waals surface area contributed by atoms with Crippen LogP contribution in [-0.2, 0) is 27.4 Å². The van der Waals surface area contributed by atoms with Gasteiger partial charge >= 0.3 is 6.09 Å². The molecule has 2 rings (SSSR count). The Morgan fingerprint density at radius 2 is 1.57 bits per heavy atom. The van der Waals surface area contributed by atoms with Crippen molar-refractivity contribution in [2.24, 2.45) is 5.92 Å². The van der Waals surface area contributed by atoms with E-state index in [0.29, 0.717) is 26.2 Å². The average molecular weight is 412 g/mol. The summed E-state index contributed by atoms with van der Waals surface area (Å²) in [7, 11) is 0. The number of nitrogens with zero attached hydrogens (tertiary/aromatic N) is 1. The lowest BCUT2D eigenvalue weighted by Gasteiger charge is -2.35. The van der Waals surface area contributed by atoms with Crippen molar-refractivity contribution in [1.29, 1.82) is 0 Å². The Hall–Kier alpha value is -2.66. The molecular weight excluding hydrogens is 378 g/mol. The highest BCUT2D eigenvalue weighted by Gasteiger charge is 2.31. The molecule has 0 aliphatic heterocycles. The van der Waals surface area contributed by atoms with Gasteiger partial charge in [0.15, 0.2) is 0 Å². The van der Waals surface area contributed by atoms with Gasteiger partial charge in [-0.3, -0.25) is 0 Å². The van der Waals surface area contributed by atoms with E-state index in [1.807, 2.05) is 88.4 Å². The Morgan fingerprint density at radius 3 is 2.10 bits per heavy atom. The number of amides is 1. The minimum atomic E-state index is -0.601. The van der Waals surface area contributed by atoms with Crippen LogP contribution in [0.4, 0.5) is 4.79 Å². The first-order valence-corrected chi connectivity index (χ1v) is 10.4. The fourth-order valence-corrected chi connectivity index (χ4v) is 3.16. The quantitative estimate of drug-likeness (QED) is 0.502. The van der Waals surface area contributed by atoms with Gasteiger partial charge in [-0.1, -0.05) is 60.7 Å². The smallest absolute Gasteiger partial charge is 0.410 e. The first kappa shape index (κ1) is 23.6. The SMILES string of the molecule is C[C@H]([C@@H](CC=O)COCc1ccccc1)N(Cc1ccccc1)C(=O)OC(C)(C)C. The zero-order valence-corrected chi connectivity index (χ0v) is 18.4. The number of carbonyl (C=O) groups is 2. The van der Waals surface area contributed by atoms with E-state index in [2.05, 4.69) is 0 Å². The summed E-state index contributed by atoms with van der Waals surface area (Å²) in [5.74, 6) is -0.137. The van der Waals surface area contributed by atoms with Gasteiger partial charge in [0.1, 0.15) is 11.9 Å². The molecule has 5 heteroatoms. The van der Waals surface area contributed by atoms with Crippen molar-refractivity contribution in [2.45, 2.75) is 58.9 Å². The van der Waals surface area contributed by atoms with Crippen molar-refractivity contribution in [3.05, 3.63) is 71.8 Å². The lowest BCUT2D eigenvalue weighted by atomic mass is 9.97. The second-order valence-electron chi connectivity index (χ2n) is 8.50. The summed E-state index contributed by atoms with van der Waals surface area (Å²) in [4.78, 5) is 26.0. The van der Waals surface area contributed by atoms with Crippen molar-refractivity contribution < 1.29 is 19.1 Å². The molecule has 0 spiro atoms. The molecule has 0 heterocycles. The number of benzene rings is 2. The molecule has 0 radical (unpaired) electrons. The number of hydrogen-bond acceptors (Lipinski definition) is 4. The van der Waals surface area contributed by atoms with Crippen molar-refractivity contribution >= 4 is 12.4 Å². The zero-order chi connectivity index (χ0) is 22.0. The number of rotatable bonds is 10. The highest BCUT2D eigenvalue weighted by atomic mass is 16.6.